The number of nitrogens with one attached hydrogen (secondary N) is 2. The van der Waals surface area contributed by atoms with Gasteiger partial charge in [0, 0.05) is 11.1 Å². The lowest BCUT2D eigenvalue weighted by atomic mass is 10.1. The van der Waals surface area contributed by atoms with E-state index in [2.05, 4.69) is 10.6 Å². The number of benzene rings is 3. The summed E-state index contributed by atoms with van der Waals surface area (Å²) in [5.41, 5.74) is 8.95. The third-order valence-corrected chi connectivity index (χ3v) is 6.00. The third-order valence-electron chi connectivity index (χ3n) is 5.59. The van der Waals surface area contributed by atoms with Gasteiger partial charge >= 0.3 is 6.03 Å². The van der Waals surface area contributed by atoms with Gasteiger partial charge in [0.1, 0.15) is 5.54 Å². The van der Waals surface area contributed by atoms with E-state index in [0.717, 1.165) is 22.5 Å². The highest BCUT2D eigenvalue weighted by Gasteiger charge is 2.27. The Hall–Kier alpha value is -4.10. The summed E-state index contributed by atoms with van der Waals surface area (Å²) in [6.07, 6.45) is 0. The topological polar surface area (TPSA) is 102 Å². The molecule has 1 aromatic heterocycles. The molecule has 0 saturated heterocycles. The first-order valence-electron chi connectivity index (χ1n) is 11.1. The van der Waals surface area contributed by atoms with Gasteiger partial charge in [-0.3, -0.25) is 9.48 Å². The molecule has 0 bridgehead atoms. The van der Waals surface area contributed by atoms with E-state index >= 15 is 0 Å². The van der Waals surface area contributed by atoms with Crippen LogP contribution in [-0.4, -0.2) is 27.3 Å². The number of primary amides is 1. The molecule has 0 aliphatic heterocycles. The number of rotatable bonds is 7. The summed E-state index contributed by atoms with van der Waals surface area (Å²) in [4.78, 5) is 24.1. The molecule has 8 heteroatoms. The summed E-state index contributed by atoms with van der Waals surface area (Å²) in [5, 5.41) is 10.5. The molecule has 4 N–H and O–H groups in total. The number of anilines is 1. The van der Waals surface area contributed by atoms with Crippen molar-refractivity contribution in [2.45, 2.75) is 25.9 Å². The van der Waals surface area contributed by atoms with Crippen LogP contribution in [-0.2, 0) is 11.3 Å². The van der Waals surface area contributed by atoms with E-state index in [9.17, 15) is 9.59 Å². The fraction of sp³-hybridized carbons (Fsp3) is 0.148. The van der Waals surface area contributed by atoms with Crippen LogP contribution in [0.25, 0.3) is 22.5 Å². The minimum absolute atomic E-state index is 0.355. The first-order chi connectivity index (χ1) is 16.7. The second kappa shape index (κ2) is 10.0. The molecular formula is C27H26ClN5O2. The zero-order chi connectivity index (χ0) is 25.0. The molecule has 7 nitrogen and oxygen atoms in total. The Labute approximate surface area is 208 Å². The Morgan fingerprint density at radius 2 is 1.63 bits per heavy atom. The largest absolute Gasteiger partial charge is 0.368 e. The van der Waals surface area contributed by atoms with Crippen LogP contribution in [0.15, 0.2) is 84.9 Å². The van der Waals surface area contributed by atoms with E-state index < -0.39 is 17.5 Å². The summed E-state index contributed by atoms with van der Waals surface area (Å²) in [6.45, 7) is 3.60. The molecule has 0 saturated carbocycles. The molecular weight excluding hydrogens is 462 g/mol. The fourth-order valence-corrected chi connectivity index (χ4v) is 3.86. The van der Waals surface area contributed by atoms with Gasteiger partial charge in [-0.05, 0) is 31.5 Å². The van der Waals surface area contributed by atoms with Crippen LogP contribution in [0, 0.1) is 0 Å². The van der Waals surface area contributed by atoms with Crippen molar-refractivity contribution in [2.24, 2.45) is 5.73 Å². The maximum atomic E-state index is 12.5. The van der Waals surface area contributed by atoms with Crippen LogP contribution < -0.4 is 16.4 Å². The molecule has 0 atom stereocenters. The quantitative estimate of drug-likeness (QED) is 0.329. The lowest BCUT2D eigenvalue weighted by Gasteiger charge is -2.22. The summed E-state index contributed by atoms with van der Waals surface area (Å²) in [5.74, 6) is -0.647. The van der Waals surface area contributed by atoms with E-state index in [1.54, 1.807) is 12.1 Å². The summed E-state index contributed by atoms with van der Waals surface area (Å²) >= 11 is 6.78. The predicted molar refractivity (Wildman–Crippen MR) is 139 cm³/mol. The van der Waals surface area contributed by atoms with Crippen LogP contribution in [0.3, 0.4) is 0 Å². The number of aromatic nitrogens is 2. The average Bonchev–Trinajstić information content (AvgIpc) is 3.24. The van der Waals surface area contributed by atoms with Crippen LogP contribution in [0.2, 0.25) is 5.02 Å². The minimum Gasteiger partial charge on any atom is -0.368 e. The fourth-order valence-electron chi connectivity index (χ4n) is 3.59. The molecule has 4 aromatic rings. The molecule has 0 aliphatic carbocycles. The number of halogens is 1. The standard InChI is InChI=1S/C27H26ClN5O2/c1-27(2,25(29)34)31-26(35)30-21-15-9-14-20(24(21)28)23-16-22(19-12-7-4-8-13-19)32-33(23)17-18-10-5-3-6-11-18/h3-16H,17H2,1-2H3,(H2,29,34)(H2,30,31,35). The Kier molecular flexibility index (Phi) is 6.89. The molecule has 0 spiro atoms. The van der Waals surface area contributed by atoms with Gasteiger partial charge in [-0.2, -0.15) is 5.10 Å². The third kappa shape index (κ3) is 5.53. The average molecular weight is 488 g/mol. The van der Waals surface area contributed by atoms with Crippen molar-refractivity contribution in [3.8, 4) is 22.5 Å². The zero-order valence-corrected chi connectivity index (χ0v) is 20.2. The molecule has 0 aliphatic rings. The molecule has 0 fully saturated rings. The monoisotopic (exact) mass is 487 g/mol. The Morgan fingerprint density at radius 3 is 2.29 bits per heavy atom. The molecule has 1 heterocycles. The van der Waals surface area contributed by atoms with E-state index in [0.29, 0.717) is 22.8 Å². The smallest absolute Gasteiger partial charge is 0.320 e. The van der Waals surface area contributed by atoms with Crippen molar-refractivity contribution in [1.29, 1.82) is 0 Å². The van der Waals surface area contributed by atoms with Gasteiger partial charge in [0.25, 0.3) is 0 Å². The summed E-state index contributed by atoms with van der Waals surface area (Å²) in [7, 11) is 0. The maximum Gasteiger partial charge on any atom is 0.320 e. The summed E-state index contributed by atoms with van der Waals surface area (Å²) in [6, 6.07) is 26.7. The molecule has 4 rings (SSSR count). The first kappa shape index (κ1) is 24.0. The lowest BCUT2D eigenvalue weighted by molar-refractivity contribution is -0.122. The van der Waals surface area contributed by atoms with E-state index in [4.69, 9.17) is 22.4 Å². The molecule has 3 amide bonds. The van der Waals surface area contributed by atoms with Crippen molar-refractivity contribution < 1.29 is 9.59 Å². The first-order valence-corrected chi connectivity index (χ1v) is 11.5. The maximum absolute atomic E-state index is 12.5. The van der Waals surface area contributed by atoms with Crippen LogP contribution in [0.4, 0.5) is 10.5 Å². The highest BCUT2D eigenvalue weighted by Crippen LogP contribution is 2.36. The Morgan fingerprint density at radius 1 is 0.971 bits per heavy atom. The van der Waals surface area contributed by atoms with Gasteiger partial charge < -0.3 is 16.4 Å². The number of hydrogen-bond acceptors (Lipinski definition) is 3. The number of carbonyl (C=O) groups excluding carboxylic acids is 2. The molecule has 178 valence electrons. The minimum atomic E-state index is -1.22. The van der Waals surface area contributed by atoms with E-state index in [-0.39, 0.29) is 0 Å². The molecule has 35 heavy (non-hydrogen) atoms. The van der Waals surface area contributed by atoms with Crippen LogP contribution in [0.1, 0.15) is 19.4 Å². The number of hydrogen-bond donors (Lipinski definition) is 3. The van der Waals surface area contributed by atoms with Gasteiger partial charge in [0.2, 0.25) is 5.91 Å². The zero-order valence-electron chi connectivity index (χ0n) is 19.5. The highest BCUT2D eigenvalue weighted by molar-refractivity contribution is 6.36. The number of carbonyl (C=O) groups is 2. The van der Waals surface area contributed by atoms with Crippen molar-refractivity contribution in [1.82, 2.24) is 15.1 Å². The molecule has 0 radical (unpaired) electrons. The number of nitrogens with two attached hydrogens (primary N) is 1. The van der Waals surface area contributed by atoms with Gasteiger partial charge in [-0.15, -0.1) is 0 Å². The number of amides is 3. The Bertz CT molecular complexity index is 1350. The van der Waals surface area contributed by atoms with Gasteiger partial charge in [0.05, 0.1) is 28.6 Å². The number of nitrogens with zero attached hydrogens (tertiary/aromatic N) is 2. The lowest BCUT2D eigenvalue weighted by Crippen LogP contribution is -2.54. The SMILES string of the molecule is CC(C)(NC(=O)Nc1cccc(-c2cc(-c3ccccc3)nn2Cc2ccccc2)c1Cl)C(N)=O. The van der Waals surface area contributed by atoms with Crippen molar-refractivity contribution in [3.05, 3.63) is 95.5 Å². The van der Waals surface area contributed by atoms with E-state index in [1.807, 2.05) is 77.5 Å². The predicted octanol–water partition coefficient (Wildman–Crippen LogP) is 5.30. The van der Waals surface area contributed by atoms with Gasteiger partial charge in [-0.25, -0.2) is 4.79 Å². The van der Waals surface area contributed by atoms with Crippen LogP contribution >= 0.6 is 11.6 Å². The van der Waals surface area contributed by atoms with Crippen molar-refractivity contribution >= 4 is 29.2 Å². The van der Waals surface area contributed by atoms with Gasteiger partial charge in [-0.1, -0.05) is 84.4 Å². The number of urea groups is 1. The normalized spacial score (nSPS) is 11.2. The molecule has 0 unspecified atom stereocenters. The van der Waals surface area contributed by atoms with Crippen molar-refractivity contribution in [3.63, 3.8) is 0 Å². The summed E-state index contributed by atoms with van der Waals surface area (Å²) < 4.78 is 1.90. The van der Waals surface area contributed by atoms with Crippen LogP contribution in [0.5, 0.6) is 0 Å². The second-order valence-corrected chi connectivity index (χ2v) is 9.04. The van der Waals surface area contributed by atoms with E-state index in [1.165, 1.54) is 13.8 Å². The Balaban J connectivity index is 1.71. The van der Waals surface area contributed by atoms with Gasteiger partial charge in [0.15, 0.2) is 0 Å². The molecule has 3 aromatic carbocycles. The van der Waals surface area contributed by atoms with Crippen molar-refractivity contribution in [2.75, 3.05) is 5.32 Å². The second-order valence-electron chi connectivity index (χ2n) is 8.66. The highest BCUT2D eigenvalue weighted by atomic mass is 35.5.